The Bertz CT molecular complexity index is 685. The summed E-state index contributed by atoms with van der Waals surface area (Å²) in [5, 5.41) is 2.96. The highest BCUT2D eigenvalue weighted by Gasteiger charge is 2.20. The number of hydrogen-bond donors (Lipinski definition) is 1. The SMILES string of the molecule is CCCSCC(=O)Nc1nc2ccccc2nc1N1CCCC1. The van der Waals surface area contributed by atoms with Crippen LogP contribution in [-0.4, -0.2) is 40.5 Å². The van der Waals surface area contributed by atoms with Crippen molar-refractivity contribution in [3.05, 3.63) is 24.3 Å². The van der Waals surface area contributed by atoms with Gasteiger partial charge in [0, 0.05) is 13.1 Å². The summed E-state index contributed by atoms with van der Waals surface area (Å²) in [5.41, 5.74) is 1.68. The normalized spacial score (nSPS) is 14.4. The fourth-order valence-electron chi connectivity index (χ4n) is 2.70. The van der Waals surface area contributed by atoms with E-state index in [0.29, 0.717) is 11.6 Å². The molecule has 2 heterocycles. The second kappa shape index (κ2) is 7.64. The van der Waals surface area contributed by atoms with Crippen LogP contribution >= 0.6 is 11.8 Å². The second-order valence-electron chi connectivity index (χ2n) is 5.68. The number of amides is 1. The average molecular weight is 330 g/mol. The smallest absolute Gasteiger partial charge is 0.235 e. The largest absolute Gasteiger partial charge is 0.354 e. The van der Waals surface area contributed by atoms with E-state index in [0.717, 1.165) is 55.0 Å². The van der Waals surface area contributed by atoms with Crippen LogP contribution in [0.4, 0.5) is 11.6 Å². The Hall–Kier alpha value is -1.82. The Morgan fingerprint density at radius 2 is 1.91 bits per heavy atom. The van der Waals surface area contributed by atoms with Crippen molar-refractivity contribution in [3.8, 4) is 0 Å². The van der Waals surface area contributed by atoms with E-state index in [-0.39, 0.29) is 5.91 Å². The molecule has 1 fully saturated rings. The van der Waals surface area contributed by atoms with Crippen molar-refractivity contribution in [1.82, 2.24) is 9.97 Å². The maximum atomic E-state index is 12.2. The molecule has 6 heteroatoms. The average Bonchev–Trinajstić information content (AvgIpc) is 3.09. The van der Waals surface area contributed by atoms with E-state index in [2.05, 4.69) is 22.1 Å². The predicted octanol–water partition coefficient (Wildman–Crippen LogP) is 3.31. The summed E-state index contributed by atoms with van der Waals surface area (Å²) in [4.78, 5) is 23.8. The molecule has 1 aliphatic rings. The van der Waals surface area contributed by atoms with Crippen LogP contribution in [0.1, 0.15) is 26.2 Å². The van der Waals surface area contributed by atoms with Crippen LogP contribution in [0, 0.1) is 0 Å². The first kappa shape index (κ1) is 16.1. The van der Waals surface area contributed by atoms with Crippen LogP contribution in [0.25, 0.3) is 11.0 Å². The molecule has 0 atom stereocenters. The third-order valence-electron chi connectivity index (χ3n) is 3.80. The van der Waals surface area contributed by atoms with Crippen molar-refractivity contribution in [1.29, 1.82) is 0 Å². The first-order valence-electron chi connectivity index (χ1n) is 8.17. The number of nitrogens with zero attached hydrogens (tertiary/aromatic N) is 3. The minimum absolute atomic E-state index is 0.00604. The molecule has 1 aromatic carbocycles. The number of anilines is 2. The Morgan fingerprint density at radius 1 is 1.22 bits per heavy atom. The van der Waals surface area contributed by atoms with E-state index in [9.17, 15) is 4.79 Å². The Morgan fingerprint density at radius 3 is 2.61 bits per heavy atom. The summed E-state index contributed by atoms with van der Waals surface area (Å²) < 4.78 is 0. The zero-order valence-electron chi connectivity index (χ0n) is 13.4. The van der Waals surface area contributed by atoms with E-state index >= 15 is 0 Å². The van der Waals surface area contributed by atoms with Crippen molar-refractivity contribution in [2.75, 3.05) is 34.8 Å². The molecule has 1 aromatic heterocycles. The van der Waals surface area contributed by atoms with Crippen molar-refractivity contribution < 1.29 is 4.79 Å². The maximum absolute atomic E-state index is 12.2. The molecule has 0 saturated carbocycles. The third-order valence-corrected chi connectivity index (χ3v) is 4.96. The Kier molecular flexibility index (Phi) is 5.33. The van der Waals surface area contributed by atoms with Gasteiger partial charge in [-0.3, -0.25) is 4.79 Å². The molecule has 2 aromatic rings. The number of benzene rings is 1. The number of carbonyl (C=O) groups is 1. The van der Waals surface area contributed by atoms with Crippen LogP contribution in [0.15, 0.2) is 24.3 Å². The molecule has 23 heavy (non-hydrogen) atoms. The standard InChI is InChI=1S/C17H22N4OS/c1-2-11-23-12-15(22)20-16-17(21-9-5-6-10-21)19-14-8-4-3-7-13(14)18-16/h3-4,7-8H,2,5-6,9-12H2,1H3,(H,18,20,22). The number of hydrogen-bond acceptors (Lipinski definition) is 5. The molecule has 0 bridgehead atoms. The molecule has 1 amide bonds. The van der Waals surface area contributed by atoms with Gasteiger partial charge in [0.2, 0.25) is 5.91 Å². The number of aromatic nitrogens is 2. The summed E-state index contributed by atoms with van der Waals surface area (Å²) in [6.45, 7) is 4.06. The molecule has 1 N–H and O–H groups in total. The van der Waals surface area contributed by atoms with Gasteiger partial charge >= 0.3 is 0 Å². The molecule has 122 valence electrons. The Labute approximate surface area is 140 Å². The van der Waals surface area contributed by atoms with E-state index in [4.69, 9.17) is 4.98 Å². The van der Waals surface area contributed by atoms with Crippen molar-refractivity contribution in [2.45, 2.75) is 26.2 Å². The number of rotatable bonds is 6. The number of fused-ring (bicyclic) bond motifs is 1. The minimum atomic E-state index is -0.00604. The molecule has 0 radical (unpaired) electrons. The van der Waals surface area contributed by atoms with Gasteiger partial charge < -0.3 is 10.2 Å². The zero-order chi connectivity index (χ0) is 16.1. The zero-order valence-corrected chi connectivity index (χ0v) is 14.2. The summed E-state index contributed by atoms with van der Waals surface area (Å²) in [6.07, 6.45) is 3.40. The van der Waals surface area contributed by atoms with Gasteiger partial charge in [0.25, 0.3) is 0 Å². The monoisotopic (exact) mass is 330 g/mol. The van der Waals surface area contributed by atoms with Crippen LogP contribution in [0.2, 0.25) is 0 Å². The summed E-state index contributed by atoms with van der Waals surface area (Å²) in [7, 11) is 0. The molecule has 0 aliphatic carbocycles. The first-order valence-corrected chi connectivity index (χ1v) is 9.32. The van der Waals surface area contributed by atoms with E-state index in [1.165, 1.54) is 0 Å². The van der Waals surface area contributed by atoms with E-state index in [1.54, 1.807) is 11.8 Å². The van der Waals surface area contributed by atoms with Crippen molar-refractivity contribution >= 4 is 40.3 Å². The van der Waals surface area contributed by atoms with Gasteiger partial charge in [-0.1, -0.05) is 19.1 Å². The minimum Gasteiger partial charge on any atom is -0.354 e. The molecule has 1 saturated heterocycles. The van der Waals surface area contributed by atoms with Crippen LogP contribution in [-0.2, 0) is 4.79 Å². The maximum Gasteiger partial charge on any atom is 0.235 e. The van der Waals surface area contributed by atoms with Crippen LogP contribution < -0.4 is 10.2 Å². The molecular weight excluding hydrogens is 308 g/mol. The van der Waals surface area contributed by atoms with Crippen molar-refractivity contribution in [2.24, 2.45) is 0 Å². The highest BCUT2D eigenvalue weighted by Crippen LogP contribution is 2.27. The fourth-order valence-corrected chi connectivity index (χ4v) is 3.39. The molecule has 0 spiro atoms. The second-order valence-corrected chi connectivity index (χ2v) is 6.78. The molecule has 1 aliphatic heterocycles. The quantitative estimate of drug-likeness (QED) is 0.824. The number of para-hydroxylation sites is 2. The lowest BCUT2D eigenvalue weighted by molar-refractivity contribution is -0.113. The molecule has 3 rings (SSSR count). The van der Waals surface area contributed by atoms with Crippen LogP contribution in [0.5, 0.6) is 0 Å². The molecular formula is C17H22N4OS. The number of thioether (sulfide) groups is 1. The lowest BCUT2D eigenvalue weighted by Gasteiger charge is -2.20. The lowest BCUT2D eigenvalue weighted by atomic mass is 10.3. The number of nitrogens with one attached hydrogen (secondary N) is 1. The summed E-state index contributed by atoms with van der Waals surface area (Å²) in [5.74, 6) is 2.84. The lowest BCUT2D eigenvalue weighted by Crippen LogP contribution is -2.24. The third kappa shape index (κ3) is 3.93. The fraction of sp³-hybridized carbons (Fsp3) is 0.471. The van der Waals surface area contributed by atoms with Gasteiger partial charge in [-0.25, -0.2) is 9.97 Å². The van der Waals surface area contributed by atoms with Gasteiger partial charge in [0.1, 0.15) is 0 Å². The van der Waals surface area contributed by atoms with Gasteiger partial charge in [0.05, 0.1) is 16.8 Å². The Balaban J connectivity index is 1.86. The van der Waals surface area contributed by atoms with Crippen molar-refractivity contribution in [3.63, 3.8) is 0 Å². The summed E-state index contributed by atoms with van der Waals surface area (Å²) >= 11 is 1.65. The predicted molar refractivity (Wildman–Crippen MR) is 97.2 cm³/mol. The topological polar surface area (TPSA) is 58.1 Å². The van der Waals surface area contributed by atoms with Gasteiger partial charge in [-0.15, -0.1) is 0 Å². The number of carbonyl (C=O) groups excluding carboxylic acids is 1. The highest BCUT2D eigenvalue weighted by atomic mass is 32.2. The molecule has 5 nitrogen and oxygen atoms in total. The van der Waals surface area contributed by atoms with E-state index < -0.39 is 0 Å². The van der Waals surface area contributed by atoms with E-state index in [1.807, 2.05) is 24.3 Å². The highest BCUT2D eigenvalue weighted by molar-refractivity contribution is 7.99. The van der Waals surface area contributed by atoms with Gasteiger partial charge in [-0.05, 0) is 37.1 Å². The first-order chi connectivity index (χ1) is 11.3. The van der Waals surface area contributed by atoms with Gasteiger partial charge in [0.15, 0.2) is 11.6 Å². The molecule has 0 unspecified atom stereocenters. The summed E-state index contributed by atoms with van der Waals surface area (Å²) in [6, 6.07) is 7.79. The van der Waals surface area contributed by atoms with Gasteiger partial charge in [-0.2, -0.15) is 11.8 Å². The van der Waals surface area contributed by atoms with Crippen LogP contribution in [0.3, 0.4) is 0 Å².